The van der Waals surface area contributed by atoms with Gasteiger partial charge in [-0.2, -0.15) is 0 Å². The first-order chi connectivity index (χ1) is 41.2. The summed E-state index contributed by atoms with van der Waals surface area (Å²) in [4.78, 5) is 175. The number of urea groups is 1. The van der Waals surface area contributed by atoms with E-state index in [1.165, 1.54) is 0 Å². The Morgan fingerprint density at radius 3 is 1.20 bits per heavy atom. The van der Waals surface area contributed by atoms with Gasteiger partial charge in [0.15, 0.2) is 0 Å². The van der Waals surface area contributed by atoms with Crippen LogP contribution < -0.4 is 93.7 Å². The van der Waals surface area contributed by atoms with E-state index in [4.69, 9.17) is 45.9 Å². The summed E-state index contributed by atoms with van der Waals surface area (Å²) in [6.07, 6.45) is 0.927. The number of amides is 13. The van der Waals surface area contributed by atoms with E-state index >= 15 is 0 Å². The normalized spacial score (nSPS) is 14.2. The van der Waals surface area contributed by atoms with Gasteiger partial charge in [-0.1, -0.05) is 32.0 Å². The number of carbonyl (C=O) groups is 13. The minimum atomic E-state index is -1.67. The first kappa shape index (κ1) is 74.6. The van der Waals surface area contributed by atoms with Crippen LogP contribution >= 0.6 is 0 Å². The second-order valence-electron chi connectivity index (χ2n) is 21.5. The number of aromatic amines is 1. The second-order valence-corrected chi connectivity index (χ2v) is 21.5. The number of carboxylic acids is 1. The van der Waals surface area contributed by atoms with E-state index in [0.29, 0.717) is 32.2 Å². The molecule has 13 amide bonds. The van der Waals surface area contributed by atoms with Crippen molar-refractivity contribution in [3.05, 3.63) is 36.0 Å². The fourth-order valence-corrected chi connectivity index (χ4v) is 9.05. The van der Waals surface area contributed by atoms with Crippen LogP contribution in [-0.2, 0) is 64.0 Å². The minimum Gasteiger partial charge on any atom is -0.480 e. The monoisotopic (exact) mass is 1230 g/mol. The van der Waals surface area contributed by atoms with Crippen LogP contribution in [0.3, 0.4) is 0 Å². The Labute approximate surface area is 504 Å². The quantitative estimate of drug-likeness (QED) is 0.0277. The zero-order chi connectivity index (χ0) is 65.2. The Kier molecular flexibility index (Phi) is 34.3. The molecule has 2 rings (SSSR count). The number of unbranched alkanes of at least 4 members (excludes halogenated alkanes) is 3. The summed E-state index contributed by atoms with van der Waals surface area (Å²) in [6, 6.07) is -6.60. The van der Waals surface area contributed by atoms with E-state index in [2.05, 4.69) is 52.8 Å². The third-order valence-electron chi connectivity index (χ3n) is 14.0. The summed E-state index contributed by atoms with van der Waals surface area (Å²) in [6.45, 7) is 3.68. The van der Waals surface area contributed by atoms with E-state index in [0.717, 1.165) is 16.5 Å². The Morgan fingerprint density at radius 2 is 0.816 bits per heavy atom. The van der Waals surface area contributed by atoms with Crippen molar-refractivity contribution in [1.82, 2.24) is 52.8 Å². The van der Waals surface area contributed by atoms with Crippen molar-refractivity contribution < 1.29 is 67.4 Å². The molecule has 0 saturated heterocycles. The van der Waals surface area contributed by atoms with Crippen LogP contribution in [0.1, 0.15) is 129 Å². The van der Waals surface area contributed by atoms with Crippen LogP contribution in [0.4, 0.5) is 4.79 Å². The van der Waals surface area contributed by atoms with E-state index < -0.39 is 163 Å². The molecular formula is C55H92N18O14. The first-order valence-electron chi connectivity index (χ1n) is 29.2. The van der Waals surface area contributed by atoms with Gasteiger partial charge in [0, 0.05) is 42.9 Å². The maximum atomic E-state index is 14.4. The van der Waals surface area contributed by atoms with Crippen LogP contribution in [0.25, 0.3) is 10.9 Å². The molecule has 1 aromatic carbocycles. The lowest BCUT2D eigenvalue weighted by atomic mass is 10.0. The Bertz CT molecular complexity index is 2640. The van der Waals surface area contributed by atoms with Crippen molar-refractivity contribution in [1.29, 1.82) is 0 Å². The molecule has 0 spiro atoms. The number of benzene rings is 1. The Balaban J connectivity index is 2.50. The lowest BCUT2D eigenvalue weighted by Crippen LogP contribution is -2.60. The molecule has 0 bridgehead atoms. The number of carbonyl (C=O) groups excluding carboxylic acids is 12. The molecule has 0 radical (unpaired) electrons. The number of aromatic nitrogens is 1. The van der Waals surface area contributed by atoms with Crippen molar-refractivity contribution in [2.75, 3.05) is 26.2 Å². The summed E-state index contributed by atoms with van der Waals surface area (Å²) in [7, 11) is 0. The highest BCUT2D eigenvalue weighted by Crippen LogP contribution is 2.19. The van der Waals surface area contributed by atoms with Crippen molar-refractivity contribution >= 4 is 87.9 Å². The van der Waals surface area contributed by atoms with E-state index in [1.807, 2.05) is 24.3 Å². The summed E-state index contributed by atoms with van der Waals surface area (Å²) >= 11 is 0. The number of hydrogen-bond acceptors (Lipinski definition) is 17. The molecular weight excluding hydrogens is 1140 g/mol. The molecule has 1 heterocycles. The molecule has 32 nitrogen and oxygen atoms in total. The standard InChI is InChI=1S/C55H92N18O14/c1-30(2)45(53(84)72-41(54(85)86)16-7-10-26-58)73-52(83)40(20-23-44(62)76)71-48(79)36(15-6-9-25-57)68-51(82)39(19-22-43(61)75)70-49(80)37(17-11-27-64-55(63)87)69-47(78)35(14-5-8-24-56)67-50(81)38(18-21-42(60)74)66-46(77)33(59)28-31-29-65-34-13-4-3-12-32(31)34/h3-4,12-13,29-30,33,35-41,45,65H,5-11,14-28,56-59H2,1-2H3,(H2,60,74)(H2,61,75)(H2,62,76)(H,66,77)(H,67,81)(H,68,82)(H,69,78)(H,70,80)(H,71,79)(H,72,84)(H,73,83)(H,85,86)(H3,63,64,87)/t33-,35-,36-,37-,38-,39-,40-,41-,45-/m0/s1. The molecule has 27 N–H and O–H groups in total. The highest BCUT2D eigenvalue weighted by molar-refractivity contribution is 5.99. The second kappa shape index (κ2) is 40.0. The third kappa shape index (κ3) is 28.5. The molecule has 2 aromatic rings. The van der Waals surface area contributed by atoms with E-state index in [9.17, 15) is 67.4 Å². The molecule has 1 aromatic heterocycles. The average Bonchev–Trinajstić information content (AvgIpc) is 2.63. The van der Waals surface area contributed by atoms with Crippen LogP contribution in [0, 0.1) is 5.92 Å². The fourth-order valence-electron chi connectivity index (χ4n) is 9.05. The Morgan fingerprint density at radius 1 is 0.460 bits per heavy atom. The van der Waals surface area contributed by atoms with Gasteiger partial charge in [0.25, 0.3) is 0 Å². The first-order valence-corrected chi connectivity index (χ1v) is 29.2. The van der Waals surface area contributed by atoms with E-state index in [-0.39, 0.29) is 83.8 Å². The van der Waals surface area contributed by atoms with Crippen LogP contribution in [0.5, 0.6) is 0 Å². The van der Waals surface area contributed by atoms with Gasteiger partial charge in [-0.05, 0) is 133 Å². The molecule has 32 heteroatoms. The maximum absolute atomic E-state index is 14.4. The van der Waals surface area contributed by atoms with Crippen LogP contribution in [0.15, 0.2) is 30.5 Å². The zero-order valence-corrected chi connectivity index (χ0v) is 49.6. The number of rotatable bonds is 45. The number of nitrogens with two attached hydrogens (primary N) is 8. The van der Waals surface area contributed by atoms with Gasteiger partial charge in [-0.25, -0.2) is 9.59 Å². The molecule has 87 heavy (non-hydrogen) atoms. The molecule has 0 aliphatic rings. The predicted octanol–water partition coefficient (Wildman–Crippen LogP) is -4.71. The van der Waals surface area contributed by atoms with Crippen molar-refractivity contribution in [3.63, 3.8) is 0 Å². The van der Waals surface area contributed by atoms with Gasteiger partial charge >= 0.3 is 12.0 Å². The average molecular weight is 1230 g/mol. The lowest BCUT2D eigenvalue weighted by Gasteiger charge is -2.29. The predicted molar refractivity (Wildman–Crippen MR) is 319 cm³/mol. The number of fused-ring (bicyclic) bond motifs is 1. The maximum Gasteiger partial charge on any atom is 0.326 e. The Hall–Kier alpha value is -8.49. The molecule has 0 aliphatic heterocycles. The summed E-state index contributed by atoms with van der Waals surface area (Å²) in [5.74, 6) is -12.0. The summed E-state index contributed by atoms with van der Waals surface area (Å²) < 4.78 is 0. The lowest BCUT2D eigenvalue weighted by molar-refractivity contribution is -0.143. The minimum absolute atomic E-state index is 0.0156. The molecule has 0 fully saturated rings. The molecule has 0 aliphatic carbocycles. The van der Waals surface area contributed by atoms with Crippen LogP contribution in [0.2, 0.25) is 0 Å². The van der Waals surface area contributed by atoms with Gasteiger partial charge < -0.3 is 104 Å². The van der Waals surface area contributed by atoms with Gasteiger partial charge in [0.2, 0.25) is 65.0 Å². The van der Waals surface area contributed by atoms with E-state index in [1.54, 1.807) is 20.0 Å². The SMILES string of the molecule is CC(C)[C@H](NC(=O)[C@H](CCC(N)=O)NC(=O)[C@H](CCCCN)NC(=O)[C@H](CCC(N)=O)NC(=O)[C@H](CCCNC(N)=O)NC(=O)[C@H](CCCCN)NC(=O)[C@H](CCC(N)=O)NC(=O)[C@@H](N)Cc1c[nH]c2ccccc12)C(=O)N[C@@H](CCCCN)C(=O)O. The molecule has 9 atom stereocenters. The number of nitrogens with one attached hydrogen (secondary N) is 10. The smallest absolute Gasteiger partial charge is 0.326 e. The summed E-state index contributed by atoms with van der Waals surface area (Å²) in [5.41, 5.74) is 46.5. The third-order valence-corrected chi connectivity index (χ3v) is 14.0. The number of primary amides is 4. The number of para-hydroxylation sites is 1. The highest BCUT2D eigenvalue weighted by Gasteiger charge is 2.36. The number of carboxylic acid groups (broad SMARTS) is 1. The van der Waals surface area contributed by atoms with Crippen LogP contribution in [-0.4, -0.2) is 168 Å². The van der Waals surface area contributed by atoms with Crippen molar-refractivity contribution in [2.45, 2.75) is 184 Å². The van der Waals surface area contributed by atoms with Gasteiger partial charge in [0.1, 0.15) is 48.3 Å². The number of H-pyrrole nitrogens is 1. The molecule has 0 unspecified atom stereocenters. The molecule has 0 saturated carbocycles. The summed E-state index contributed by atoms with van der Waals surface area (Å²) in [5, 5.41) is 33.2. The van der Waals surface area contributed by atoms with Crippen molar-refractivity contribution in [2.24, 2.45) is 51.8 Å². The van der Waals surface area contributed by atoms with Crippen molar-refractivity contribution in [3.8, 4) is 0 Å². The number of hydrogen-bond donors (Lipinski definition) is 19. The van der Waals surface area contributed by atoms with Gasteiger partial charge in [-0.3, -0.25) is 52.7 Å². The van der Waals surface area contributed by atoms with Gasteiger partial charge in [-0.15, -0.1) is 0 Å². The highest BCUT2D eigenvalue weighted by atomic mass is 16.4. The fraction of sp³-hybridized carbons (Fsp3) is 0.618. The van der Waals surface area contributed by atoms with Gasteiger partial charge in [0.05, 0.1) is 6.04 Å². The largest absolute Gasteiger partial charge is 0.480 e. The topological polar surface area (TPSA) is 574 Å². The molecule has 486 valence electrons. The number of aliphatic carboxylic acids is 1. The zero-order valence-electron chi connectivity index (χ0n) is 49.6.